The Morgan fingerprint density at radius 3 is 2.53 bits per heavy atom. The smallest absolute Gasteiger partial charge is 0.284 e. The molecule has 17 heavy (non-hydrogen) atoms. The predicted molar refractivity (Wildman–Crippen MR) is 70.2 cm³/mol. The molecule has 0 saturated heterocycles. The summed E-state index contributed by atoms with van der Waals surface area (Å²) in [6.07, 6.45) is 1.04. The van der Waals surface area contributed by atoms with Gasteiger partial charge in [-0.3, -0.25) is 9.59 Å². The first kappa shape index (κ1) is 13.8. The maximum atomic E-state index is 10.7. The molecule has 0 bridgehead atoms. The fourth-order valence-electron chi connectivity index (χ4n) is 1.38. The third-order valence-corrected chi connectivity index (χ3v) is 3.13. The number of benzene rings is 1. The van der Waals surface area contributed by atoms with E-state index in [0.717, 1.165) is 12.0 Å². The summed E-state index contributed by atoms with van der Waals surface area (Å²) in [7, 11) is 0. The minimum Gasteiger partial charge on any atom is -0.349 e. The molecule has 3 nitrogen and oxygen atoms in total. The fraction of sp³-hybridized carbons (Fsp3) is 0.385. The van der Waals surface area contributed by atoms with Crippen LogP contribution in [-0.2, 0) is 16.0 Å². The molecular formula is C13H17NO2S. The lowest BCUT2D eigenvalue weighted by Crippen LogP contribution is -2.26. The lowest BCUT2D eigenvalue weighted by atomic mass is 10.1. The van der Waals surface area contributed by atoms with Crippen molar-refractivity contribution in [1.82, 2.24) is 5.32 Å². The van der Waals surface area contributed by atoms with E-state index >= 15 is 0 Å². The first-order chi connectivity index (χ1) is 8.11. The van der Waals surface area contributed by atoms with E-state index in [2.05, 4.69) is 43.4 Å². The molecule has 0 fully saturated rings. The lowest BCUT2D eigenvalue weighted by molar-refractivity contribution is -0.131. The maximum Gasteiger partial charge on any atom is 0.284 e. The average Bonchev–Trinajstić information content (AvgIpc) is 2.30. The van der Waals surface area contributed by atoms with Gasteiger partial charge in [-0.1, -0.05) is 26.0 Å². The van der Waals surface area contributed by atoms with Crippen molar-refractivity contribution >= 4 is 24.0 Å². The summed E-state index contributed by atoms with van der Waals surface area (Å²) in [6, 6.07) is 8.28. The molecular weight excluding hydrogens is 234 g/mol. The van der Waals surface area contributed by atoms with Crippen LogP contribution < -0.4 is 5.32 Å². The van der Waals surface area contributed by atoms with Crippen molar-refractivity contribution in [3.05, 3.63) is 29.8 Å². The Morgan fingerprint density at radius 1 is 1.35 bits per heavy atom. The highest BCUT2D eigenvalue weighted by Crippen LogP contribution is 2.22. The van der Waals surface area contributed by atoms with Crippen LogP contribution in [0.3, 0.4) is 0 Å². The molecule has 1 amide bonds. The first-order valence-corrected chi connectivity index (χ1v) is 6.48. The normalized spacial score (nSPS) is 10.3. The van der Waals surface area contributed by atoms with Gasteiger partial charge in [-0.05, 0) is 24.1 Å². The van der Waals surface area contributed by atoms with E-state index in [1.165, 1.54) is 4.90 Å². The summed E-state index contributed by atoms with van der Waals surface area (Å²) in [5.74, 6) is -0.558. The number of nitrogens with one attached hydrogen (secondary N) is 1. The van der Waals surface area contributed by atoms with Gasteiger partial charge in [0.1, 0.15) is 0 Å². The Kier molecular flexibility index (Phi) is 5.77. The third-order valence-electron chi connectivity index (χ3n) is 2.12. The van der Waals surface area contributed by atoms with Crippen molar-refractivity contribution < 1.29 is 9.59 Å². The van der Waals surface area contributed by atoms with Crippen molar-refractivity contribution in [3.63, 3.8) is 0 Å². The SMILES string of the molecule is CC(C)Sc1ccc(CCNC(=O)C=O)cc1. The summed E-state index contributed by atoms with van der Waals surface area (Å²) in [5.41, 5.74) is 1.16. The first-order valence-electron chi connectivity index (χ1n) is 5.60. The summed E-state index contributed by atoms with van der Waals surface area (Å²) >= 11 is 1.82. The van der Waals surface area contributed by atoms with Gasteiger partial charge in [-0.2, -0.15) is 0 Å². The van der Waals surface area contributed by atoms with E-state index in [0.29, 0.717) is 18.1 Å². The molecule has 1 N–H and O–H groups in total. The number of hydrogen-bond acceptors (Lipinski definition) is 3. The van der Waals surface area contributed by atoms with E-state index in [9.17, 15) is 9.59 Å². The highest BCUT2D eigenvalue weighted by molar-refractivity contribution is 7.99. The Bertz CT molecular complexity index is 374. The minimum absolute atomic E-state index is 0.294. The van der Waals surface area contributed by atoms with Crippen molar-refractivity contribution in [2.45, 2.75) is 30.4 Å². The van der Waals surface area contributed by atoms with Crippen LogP contribution in [0.25, 0.3) is 0 Å². The van der Waals surface area contributed by atoms with Crippen molar-refractivity contribution in [1.29, 1.82) is 0 Å². The molecule has 0 aliphatic carbocycles. The third kappa shape index (κ3) is 5.54. The monoisotopic (exact) mass is 251 g/mol. The van der Waals surface area contributed by atoms with Gasteiger partial charge in [0.15, 0.2) is 0 Å². The van der Waals surface area contributed by atoms with E-state index in [1.54, 1.807) is 0 Å². The van der Waals surface area contributed by atoms with E-state index < -0.39 is 5.91 Å². The second kappa shape index (κ2) is 7.12. The van der Waals surface area contributed by atoms with Crippen LogP contribution >= 0.6 is 11.8 Å². The van der Waals surface area contributed by atoms with Crippen LogP contribution in [0.5, 0.6) is 0 Å². The number of carbonyl (C=O) groups excluding carboxylic acids is 2. The Morgan fingerprint density at radius 2 is 2.00 bits per heavy atom. The summed E-state index contributed by atoms with van der Waals surface area (Å²) in [5, 5.41) is 3.09. The number of carbonyl (C=O) groups is 2. The molecule has 0 aliphatic rings. The highest BCUT2D eigenvalue weighted by Gasteiger charge is 2.00. The molecule has 0 spiro atoms. The molecule has 1 rings (SSSR count). The predicted octanol–water partition coefficient (Wildman–Crippen LogP) is 2.04. The number of hydrogen-bond donors (Lipinski definition) is 1. The van der Waals surface area contributed by atoms with Crippen molar-refractivity contribution in [2.75, 3.05) is 6.54 Å². The van der Waals surface area contributed by atoms with Gasteiger partial charge in [0.05, 0.1) is 0 Å². The zero-order chi connectivity index (χ0) is 12.7. The van der Waals surface area contributed by atoms with Crippen LogP contribution in [0, 0.1) is 0 Å². The van der Waals surface area contributed by atoms with Crippen LogP contribution in [0.2, 0.25) is 0 Å². The highest BCUT2D eigenvalue weighted by atomic mass is 32.2. The van der Waals surface area contributed by atoms with Gasteiger partial charge in [0, 0.05) is 16.7 Å². The topological polar surface area (TPSA) is 46.2 Å². The van der Waals surface area contributed by atoms with E-state index in [1.807, 2.05) is 11.8 Å². The largest absolute Gasteiger partial charge is 0.349 e. The molecule has 4 heteroatoms. The molecule has 0 saturated carbocycles. The number of thioether (sulfide) groups is 1. The molecule has 0 unspecified atom stereocenters. The lowest BCUT2D eigenvalue weighted by Gasteiger charge is -2.06. The number of aldehydes is 1. The van der Waals surface area contributed by atoms with Crippen LogP contribution in [0.15, 0.2) is 29.2 Å². The van der Waals surface area contributed by atoms with Crippen LogP contribution in [0.4, 0.5) is 0 Å². The van der Waals surface area contributed by atoms with Gasteiger partial charge in [-0.15, -0.1) is 11.8 Å². The fourth-order valence-corrected chi connectivity index (χ4v) is 2.22. The average molecular weight is 251 g/mol. The second-order valence-electron chi connectivity index (χ2n) is 3.97. The number of rotatable bonds is 6. The van der Waals surface area contributed by atoms with Gasteiger partial charge in [0.2, 0.25) is 6.29 Å². The van der Waals surface area contributed by atoms with E-state index in [-0.39, 0.29) is 0 Å². The Labute approximate surface area is 106 Å². The molecule has 1 aromatic rings. The molecule has 0 atom stereocenters. The van der Waals surface area contributed by atoms with E-state index in [4.69, 9.17) is 0 Å². The summed E-state index contributed by atoms with van der Waals surface area (Å²) < 4.78 is 0. The molecule has 0 heterocycles. The molecule has 0 radical (unpaired) electrons. The molecule has 1 aromatic carbocycles. The molecule has 92 valence electrons. The Balaban J connectivity index is 2.40. The second-order valence-corrected chi connectivity index (χ2v) is 5.62. The summed E-state index contributed by atoms with van der Waals surface area (Å²) in [6.45, 7) is 4.81. The van der Waals surface area contributed by atoms with Gasteiger partial charge < -0.3 is 5.32 Å². The van der Waals surface area contributed by atoms with Crippen molar-refractivity contribution in [3.8, 4) is 0 Å². The van der Waals surface area contributed by atoms with Gasteiger partial charge in [0.25, 0.3) is 5.91 Å². The minimum atomic E-state index is -0.558. The summed E-state index contributed by atoms with van der Waals surface area (Å²) in [4.78, 5) is 22.0. The standard InChI is InChI=1S/C13H17NO2S/c1-10(2)17-12-5-3-11(4-6-12)7-8-14-13(16)9-15/h3-6,9-10H,7-8H2,1-2H3,(H,14,16). The molecule has 0 aromatic heterocycles. The van der Waals surface area contributed by atoms with Gasteiger partial charge in [-0.25, -0.2) is 0 Å². The maximum absolute atomic E-state index is 10.7. The number of amides is 1. The molecule has 0 aliphatic heterocycles. The zero-order valence-electron chi connectivity index (χ0n) is 10.1. The zero-order valence-corrected chi connectivity index (χ0v) is 10.9. The van der Waals surface area contributed by atoms with Crippen LogP contribution in [0.1, 0.15) is 19.4 Å². The quantitative estimate of drug-likeness (QED) is 0.478. The van der Waals surface area contributed by atoms with Gasteiger partial charge >= 0.3 is 0 Å². The van der Waals surface area contributed by atoms with Crippen LogP contribution in [-0.4, -0.2) is 24.0 Å². The Hall–Kier alpha value is -1.29. The van der Waals surface area contributed by atoms with Crippen molar-refractivity contribution in [2.24, 2.45) is 0 Å².